The first kappa shape index (κ1) is 18.1. The highest BCUT2D eigenvalue weighted by Crippen LogP contribution is 2.19. The number of anilines is 1. The summed E-state index contributed by atoms with van der Waals surface area (Å²) in [5.41, 5.74) is 7.16. The predicted octanol–water partition coefficient (Wildman–Crippen LogP) is 2.73. The molecule has 7 heteroatoms. The maximum Gasteiger partial charge on any atom is 0.227 e. The van der Waals surface area contributed by atoms with Gasteiger partial charge in [0.15, 0.2) is 5.82 Å². The van der Waals surface area contributed by atoms with E-state index in [4.69, 9.17) is 5.73 Å². The fraction of sp³-hybridized carbons (Fsp3) is 0.400. The van der Waals surface area contributed by atoms with Crippen LogP contribution in [-0.2, 0) is 11.3 Å². The fourth-order valence-electron chi connectivity index (χ4n) is 2.12. The zero-order valence-electron chi connectivity index (χ0n) is 12.8. The SMILES string of the molecule is CCC(CC)C(=O)Nc1ccc(-c2n[nH]c(CN)n2)cc1.Cl. The minimum absolute atomic E-state index is 0. The number of carbonyl (C=O) groups excluding carboxylic acids is 1. The molecule has 0 unspecified atom stereocenters. The van der Waals surface area contributed by atoms with Gasteiger partial charge in [-0.3, -0.25) is 9.89 Å². The first-order valence-corrected chi connectivity index (χ1v) is 7.20. The summed E-state index contributed by atoms with van der Waals surface area (Å²) in [6, 6.07) is 7.47. The normalized spacial score (nSPS) is 10.4. The van der Waals surface area contributed by atoms with Crippen LogP contribution in [0.3, 0.4) is 0 Å². The molecule has 1 aromatic heterocycles. The standard InChI is InChI=1S/C15H21N5O.ClH/c1-3-10(4-2)15(21)17-12-7-5-11(6-8-12)14-18-13(9-16)19-20-14;/h5-8,10H,3-4,9,16H2,1-2H3,(H,17,21)(H,18,19,20);1H. The molecule has 0 aliphatic carbocycles. The van der Waals surface area contributed by atoms with Gasteiger partial charge in [-0.05, 0) is 37.1 Å². The van der Waals surface area contributed by atoms with Crippen LogP contribution in [0.4, 0.5) is 5.69 Å². The summed E-state index contributed by atoms with van der Waals surface area (Å²) < 4.78 is 0. The van der Waals surface area contributed by atoms with Crippen LogP contribution < -0.4 is 11.1 Å². The molecule has 1 amide bonds. The molecule has 1 heterocycles. The molecule has 2 aromatic rings. The summed E-state index contributed by atoms with van der Waals surface area (Å²) in [5, 5.41) is 9.81. The van der Waals surface area contributed by atoms with Crippen molar-refractivity contribution < 1.29 is 4.79 Å². The number of nitrogens with zero attached hydrogens (tertiary/aromatic N) is 2. The van der Waals surface area contributed by atoms with E-state index in [1.165, 1.54) is 0 Å². The number of aromatic amines is 1. The zero-order chi connectivity index (χ0) is 15.2. The second-order valence-corrected chi connectivity index (χ2v) is 4.89. The molecule has 2 rings (SSSR count). The van der Waals surface area contributed by atoms with E-state index in [-0.39, 0.29) is 24.2 Å². The van der Waals surface area contributed by atoms with E-state index in [1.807, 2.05) is 38.1 Å². The van der Waals surface area contributed by atoms with Crippen molar-refractivity contribution in [2.24, 2.45) is 11.7 Å². The minimum atomic E-state index is 0. The minimum Gasteiger partial charge on any atom is -0.326 e. The topological polar surface area (TPSA) is 96.7 Å². The van der Waals surface area contributed by atoms with E-state index in [0.717, 1.165) is 24.1 Å². The Balaban J connectivity index is 0.00000242. The molecule has 1 aromatic carbocycles. The number of hydrogen-bond donors (Lipinski definition) is 3. The first-order chi connectivity index (χ1) is 10.2. The number of rotatable bonds is 6. The Morgan fingerprint density at radius 2 is 1.91 bits per heavy atom. The average molecular weight is 324 g/mol. The number of halogens is 1. The Kier molecular flexibility index (Phi) is 7.01. The van der Waals surface area contributed by atoms with Gasteiger partial charge in [0.25, 0.3) is 0 Å². The van der Waals surface area contributed by atoms with Gasteiger partial charge in [0, 0.05) is 17.2 Å². The van der Waals surface area contributed by atoms with Crippen LogP contribution in [0, 0.1) is 5.92 Å². The Bertz CT molecular complexity index is 592. The molecule has 0 bridgehead atoms. The van der Waals surface area contributed by atoms with E-state index in [1.54, 1.807) is 0 Å². The van der Waals surface area contributed by atoms with Crippen molar-refractivity contribution in [3.8, 4) is 11.4 Å². The van der Waals surface area contributed by atoms with Gasteiger partial charge >= 0.3 is 0 Å². The second kappa shape index (κ2) is 8.51. The molecule has 6 nitrogen and oxygen atoms in total. The van der Waals surface area contributed by atoms with Crippen LogP contribution in [0.15, 0.2) is 24.3 Å². The van der Waals surface area contributed by atoms with Gasteiger partial charge in [-0.25, -0.2) is 4.98 Å². The molecule has 0 saturated heterocycles. The van der Waals surface area contributed by atoms with Gasteiger partial charge < -0.3 is 11.1 Å². The van der Waals surface area contributed by atoms with Gasteiger partial charge in [0.2, 0.25) is 5.91 Å². The lowest BCUT2D eigenvalue weighted by molar-refractivity contribution is -0.120. The lowest BCUT2D eigenvalue weighted by atomic mass is 10.0. The Labute approximate surface area is 136 Å². The van der Waals surface area contributed by atoms with Gasteiger partial charge in [-0.2, -0.15) is 5.10 Å². The van der Waals surface area contributed by atoms with E-state index in [0.29, 0.717) is 18.2 Å². The van der Waals surface area contributed by atoms with Gasteiger partial charge in [0.05, 0.1) is 6.54 Å². The van der Waals surface area contributed by atoms with Gasteiger partial charge in [-0.15, -0.1) is 12.4 Å². The maximum absolute atomic E-state index is 12.0. The number of H-pyrrole nitrogens is 1. The monoisotopic (exact) mass is 323 g/mol. The van der Waals surface area contributed by atoms with Crippen LogP contribution in [-0.4, -0.2) is 21.1 Å². The van der Waals surface area contributed by atoms with Crippen LogP contribution in [0.1, 0.15) is 32.5 Å². The Morgan fingerprint density at radius 3 is 2.41 bits per heavy atom. The highest BCUT2D eigenvalue weighted by molar-refractivity contribution is 5.92. The van der Waals surface area contributed by atoms with Crippen LogP contribution in [0.2, 0.25) is 0 Å². The number of nitrogens with two attached hydrogens (primary N) is 1. The Hall–Kier alpha value is -1.92. The summed E-state index contributed by atoms with van der Waals surface area (Å²) in [7, 11) is 0. The van der Waals surface area contributed by atoms with E-state index >= 15 is 0 Å². The van der Waals surface area contributed by atoms with E-state index in [2.05, 4.69) is 20.5 Å². The molecule has 22 heavy (non-hydrogen) atoms. The third kappa shape index (κ3) is 4.29. The molecular formula is C15H22ClN5O. The quantitative estimate of drug-likeness (QED) is 0.761. The molecule has 0 saturated carbocycles. The molecule has 0 fully saturated rings. The van der Waals surface area contributed by atoms with Crippen molar-refractivity contribution in [2.45, 2.75) is 33.2 Å². The maximum atomic E-state index is 12.0. The molecule has 0 radical (unpaired) electrons. The van der Waals surface area contributed by atoms with Crippen LogP contribution >= 0.6 is 12.4 Å². The van der Waals surface area contributed by atoms with Gasteiger partial charge in [0.1, 0.15) is 5.82 Å². The first-order valence-electron chi connectivity index (χ1n) is 7.20. The number of carbonyl (C=O) groups is 1. The van der Waals surface area contributed by atoms with Crippen molar-refractivity contribution in [1.82, 2.24) is 15.2 Å². The molecular weight excluding hydrogens is 302 g/mol. The van der Waals surface area contributed by atoms with E-state index < -0.39 is 0 Å². The summed E-state index contributed by atoms with van der Waals surface area (Å²) >= 11 is 0. The molecule has 120 valence electrons. The van der Waals surface area contributed by atoms with Crippen LogP contribution in [0.25, 0.3) is 11.4 Å². The zero-order valence-corrected chi connectivity index (χ0v) is 13.6. The lowest BCUT2D eigenvalue weighted by Gasteiger charge is -2.12. The van der Waals surface area contributed by atoms with E-state index in [9.17, 15) is 4.79 Å². The number of amides is 1. The largest absolute Gasteiger partial charge is 0.326 e. The molecule has 0 spiro atoms. The van der Waals surface area contributed by atoms with Crippen molar-refractivity contribution in [2.75, 3.05) is 5.32 Å². The second-order valence-electron chi connectivity index (χ2n) is 4.89. The summed E-state index contributed by atoms with van der Waals surface area (Å²) in [4.78, 5) is 16.3. The lowest BCUT2D eigenvalue weighted by Crippen LogP contribution is -2.21. The summed E-state index contributed by atoms with van der Waals surface area (Å²) in [6.07, 6.45) is 1.69. The fourth-order valence-corrected chi connectivity index (χ4v) is 2.12. The highest BCUT2D eigenvalue weighted by atomic mass is 35.5. The average Bonchev–Trinajstić information content (AvgIpc) is 2.98. The molecule has 4 N–H and O–H groups in total. The molecule has 0 atom stereocenters. The third-order valence-electron chi connectivity index (χ3n) is 3.49. The molecule has 0 aliphatic rings. The number of benzene rings is 1. The highest BCUT2D eigenvalue weighted by Gasteiger charge is 2.14. The molecule has 0 aliphatic heterocycles. The smallest absolute Gasteiger partial charge is 0.227 e. The van der Waals surface area contributed by atoms with Crippen molar-refractivity contribution in [3.63, 3.8) is 0 Å². The predicted molar refractivity (Wildman–Crippen MR) is 89.7 cm³/mol. The van der Waals surface area contributed by atoms with Gasteiger partial charge in [-0.1, -0.05) is 13.8 Å². The van der Waals surface area contributed by atoms with Crippen molar-refractivity contribution >= 4 is 24.0 Å². The van der Waals surface area contributed by atoms with Crippen molar-refractivity contribution in [3.05, 3.63) is 30.1 Å². The Morgan fingerprint density at radius 1 is 1.27 bits per heavy atom. The summed E-state index contributed by atoms with van der Waals surface area (Å²) in [5.74, 6) is 1.38. The number of aromatic nitrogens is 3. The third-order valence-corrected chi connectivity index (χ3v) is 3.49. The van der Waals surface area contributed by atoms with Crippen molar-refractivity contribution in [1.29, 1.82) is 0 Å². The number of nitrogens with one attached hydrogen (secondary N) is 2. The number of hydrogen-bond acceptors (Lipinski definition) is 4. The summed E-state index contributed by atoms with van der Waals surface area (Å²) in [6.45, 7) is 4.38. The van der Waals surface area contributed by atoms with Crippen LogP contribution in [0.5, 0.6) is 0 Å².